The van der Waals surface area contributed by atoms with Gasteiger partial charge < -0.3 is 20.1 Å². The van der Waals surface area contributed by atoms with Crippen molar-refractivity contribution in [3.8, 4) is 5.75 Å². The quantitative estimate of drug-likeness (QED) is 0.436. The highest BCUT2D eigenvalue weighted by Gasteiger charge is 2.24. The van der Waals surface area contributed by atoms with Gasteiger partial charge in [0.2, 0.25) is 0 Å². The third-order valence-electron chi connectivity index (χ3n) is 5.52. The summed E-state index contributed by atoms with van der Waals surface area (Å²) in [5, 5.41) is 8.73. The number of hydrogen-bond donors (Lipinski definition) is 3. The van der Waals surface area contributed by atoms with E-state index in [0.717, 1.165) is 12.8 Å². The molecule has 0 fully saturated rings. The largest absolute Gasteiger partial charge is 0.494 e. The Morgan fingerprint density at radius 3 is 2.36 bits per heavy atom. The number of fused-ring (bicyclic) bond motifs is 1. The van der Waals surface area contributed by atoms with E-state index in [2.05, 4.69) is 33.1 Å². The summed E-state index contributed by atoms with van der Waals surface area (Å²) in [4.78, 5) is 29.9. The molecule has 2 amide bonds. The van der Waals surface area contributed by atoms with Crippen LogP contribution in [0.2, 0.25) is 0 Å². The number of benzene rings is 2. The standard InChI is InChI=1S/C27H29FN4O4/c1-27(2,3)36-26(34)32-24-15-20(29-21-10-9-18(28)13-23(21)35-4)14-22(31-24)25(33)30-19-11-16-7-5-6-8-17(16)12-19/h5-10,13-15,19H,11-12H2,1-4H3,(H,30,33)(H2,29,31,32,34). The van der Waals surface area contributed by atoms with Crippen LogP contribution in [0.1, 0.15) is 42.4 Å². The highest BCUT2D eigenvalue weighted by Crippen LogP contribution is 2.30. The number of pyridine rings is 1. The van der Waals surface area contributed by atoms with E-state index in [4.69, 9.17) is 9.47 Å². The Labute approximate surface area is 209 Å². The second-order valence-electron chi connectivity index (χ2n) is 9.57. The molecule has 2 aromatic carbocycles. The van der Waals surface area contributed by atoms with Gasteiger partial charge in [0, 0.05) is 23.9 Å². The van der Waals surface area contributed by atoms with Gasteiger partial charge in [0.1, 0.15) is 28.7 Å². The molecule has 0 radical (unpaired) electrons. The molecular formula is C27H29FN4O4. The number of rotatable bonds is 6. The van der Waals surface area contributed by atoms with Crippen LogP contribution in [-0.2, 0) is 17.6 Å². The molecule has 8 nitrogen and oxygen atoms in total. The third-order valence-corrected chi connectivity index (χ3v) is 5.52. The van der Waals surface area contributed by atoms with Crippen LogP contribution in [0, 0.1) is 5.82 Å². The lowest BCUT2D eigenvalue weighted by atomic mass is 10.1. The summed E-state index contributed by atoms with van der Waals surface area (Å²) in [7, 11) is 1.43. The molecule has 1 aromatic heterocycles. The number of carbonyl (C=O) groups excluding carboxylic acids is 2. The van der Waals surface area contributed by atoms with Crippen LogP contribution in [0.4, 0.5) is 26.4 Å². The van der Waals surface area contributed by atoms with Crippen LogP contribution in [-0.4, -0.2) is 35.7 Å². The minimum absolute atomic E-state index is 0.0622. The van der Waals surface area contributed by atoms with E-state index in [1.807, 2.05) is 12.1 Å². The Kier molecular flexibility index (Phi) is 7.10. The van der Waals surface area contributed by atoms with Gasteiger partial charge in [0.25, 0.3) is 5.91 Å². The van der Waals surface area contributed by atoms with Gasteiger partial charge in [-0.2, -0.15) is 0 Å². The van der Waals surface area contributed by atoms with Crippen LogP contribution in [0.15, 0.2) is 54.6 Å². The molecule has 3 N–H and O–H groups in total. The van der Waals surface area contributed by atoms with Crippen molar-refractivity contribution in [3.05, 3.63) is 77.2 Å². The maximum atomic E-state index is 13.6. The van der Waals surface area contributed by atoms with E-state index in [-0.39, 0.29) is 29.2 Å². The van der Waals surface area contributed by atoms with Gasteiger partial charge in [0.05, 0.1) is 12.8 Å². The van der Waals surface area contributed by atoms with E-state index in [0.29, 0.717) is 11.4 Å². The average molecular weight is 493 g/mol. The zero-order valence-electron chi connectivity index (χ0n) is 20.6. The molecule has 4 rings (SSSR count). The highest BCUT2D eigenvalue weighted by molar-refractivity contribution is 5.95. The average Bonchev–Trinajstić information content (AvgIpc) is 3.21. The van der Waals surface area contributed by atoms with Crippen LogP contribution in [0.25, 0.3) is 0 Å². The molecule has 0 aliphatic heterocycles. The monoisotopic (exact) mass is 492 g/mol. The lowest BCUT2D eigenvalue weighted by molar-refractivity contribution is 0.0634. The lowest BCUT2D eigenvalue weighted by Crippen LogP contribution is -2.36. The Hall–Kier alpha value is -4.14. The maximum Gasteiger partial charge on any atom is 0.413 e. The Balaban J connectivity index is 1.59. The fraction of sp³-hybridized carbons (Fsp3) is 0.296. The second-order valence-corrected chi connectivity index (χ2v) is 9.57. The second kappa shape index (κ2) is 10.2. The van der Waals surface area contributed by atoms with Crippen molar-refractivity contribution in [2.75, 3.05) is 17.7 Å². The van der Waals surface area contributed by atoms with Gasteiger partial charge in [0.15, 0.2) is 0 Å². The van der Waals surface area contributed by atoms with Gasteiger partial charge in [-0.1, -0.05) is 24.3 Å². The van der Waals surface area contributed by atoms with E-state index in [9.17, 15) is 14.0 Å². The first-order valence-corrected chi connectivity index (χ1v) is 11.6. The van der Waals surface area contributed by atoms with Gasteiger partial charge in [-0.15, -0.1) is 0 Å². The predicted molar refractivity (Wildman–Crippen MR) is 135 cm³/mol. The number of halogens is 1. The fourth-order valence-corrected chi connectivity index (χ4v) is 4.04. The summed E-state index contributed by atoms with van der Waals surface area (Å²) in [6.45, 7) is 5.24. The first-order valence-electron chi connectivity index (χ1n) is 11.6. The van der Waals surface area contributed by atoms with Crippen molar-refractivity contribution >= 4 is 29.2 Å². The number of nitrogens with zero attached hydrogens (tertiary/aromatic N) is 1. The molecular weight excluding hydrogens is 463 g/mol. The molecule has 36 heavy (non-hydrogen) atoms. The number of anilines is 3. The molecule has 1 aliphatic rings. The summed E-state index contributed by atoms with van der Waals surface area (Å²) >= 11 is 0. The van der Waals surface area contributed by atoms with Crippen LogP contribution < -0.4 is 20.7 Å². The number of nitrogens with one attached hydrogen (secondary N) is 3. The van der Waals surface area contributed by atoms with Gasteiger partial charge in [-0.3, -0.25) is 10.1 Å². The maximum absolute atomic E-state index is 13.6. The number of carbonyl (C=O) groups is 2. The number of ether oxygens (including phenoxy) is 2. The van der Waals surface area contributed by atoms with Gasteiger partial charge >= 0.3 is 6.09 Å². The normalized spacial score (nSPS) is 13.0. The van der Waals surface area contributed by atoms with Crippen molar-refractivity contribution in [2.45, 2.75) is 45.3 Å². The van der Waals surface area contributed by atoms with E-state index in [1.165, 1.54) is 36.4 Å². The van der Waals surface area contributed by atoms with Crippen molar-refractivity contribution < 1.29 is 23.5 Å². The molecule has 0 bridgehead atoms. The first kappa shape index (κ1) is 25.0. The zero-order valence-corrected chi connectivity index (χ0v) is 20.6. The summed E-state index contributed by atoms with van der Waals surface area (Å²) in [5.41, 5.74) is 2.73. The van der Waals surface area contributed by atoms with Crippen molar-refractivity contribution in [2.24, 2.45) is 0 Å². The lowest BCUT2D eigenvalue weighted by Gasteiger charge is -2.20. The SMILES string of the molecule is COc1cc(F)ccc1Nc1cc(NC(=O)OC(C)(C)C)nc(C(=O)NC2Cc3ccccc3C2)c1. The van der Waals surface area contributed by atoms with E-state index >= 15 is 0 Å². The number of aromatic nitrogens is 1. The molecule has 1 aliphatic carbocycles. The van der Waals surface area contributed by atoms with Crippen molar-refractivity contribution in [1.29, 1.82) is 0 Å². The third kappa shape index (κ3) is 6.29. The molecule has 0 atom stereocenters. The van der Waals surface area contributed by atoms with Crippen LogP contribution in [0.3, 0.4) is 0 Å². The molecule has 0 saturated heterocycles. The van der Waals surface area contributed by atoms with Gasteiger partial charge in [-0.25, -0.2) is 14.2 Å². The predicted octanol–water partition coefficient (Wildman–Crippen LogP) is 5.22. The summed E-state index contributed by atoms with van der Waals surface area (Å²) in [6, 6.07) is 15.2. The molecule has 0 spiro atoms. The highest BCUT2D eigenvalue weighted by atomic mass is 19.1. The Bertz CT molecular complexity index is 1260. The van der Waals surface area contributed by atoms with E-state index < -0.39 is 17.5 Å². The number of methoxy groups -OCH3 is 1. The minimum atomic E-state index is -0.709. The molecule has 3 aromatic rings. The summed E-state index contributed by atoms with van der Waals surface area (Å²) in [6.07, 6.45) is 0.759. The molecule has 1 heterocycles. The van der Waals surface area contributed by atoms with Crippen molar-refractivity contribution in [3.63, 3.8) is 0 Å². The smallest absolute Gasteiger partial charge is 0.413 e. The molecule has 0 saturated carbocycles. The van der Waals surface area contributed by atoms with Gasteiger partial charge in [-0.05, 0) is 62.9 Å². The van der Waals surface area contributed by atoms with E-state index in [1.54, 1.807) is 32.9 Å². The Morgan fingerprint density at radius 2 is 1.72 bits per heavy atom. The van der Waals surface area contributed by atoms with Crippen molar-refractivity contribution in [1.82, 2.24) is 10.3 Å². The summed E-state index contributed by atoms with van der Waals surface area (Å²) in [5.74, 6) is -0.426. The fourth-order valence-electron chi connectivity index (χ4n) is 4.04. The number of amides is 2. The Morgan fingerprint density at radius 1 is 1.03 bits per heavy atom. The number of hydrogen-bond acceptors (Lipinski definition) is 6. The summed E-state index contributed by atoms with van der Waals surface area (Å²) < 4.78 is 24.2. The van der Waals surface area contributed by atoms with Crippen LogP contribution in [0.5, 0.6) is 5.75 Å². The van der Waals surface area contributed by atoms with Crippen LogP contribution >= 0.6 is 0 Å². The minimum Gasteiger partial charge on any atom is -0.494 e. The first-order chi connectivity index (χ1) is 17.1. The zero-order chi connectivity index (χ0) is 25.9. The molecule has 9 heteroatoms. The topological polar surface area (TPSA) is 102 Å². The molecule has 188 valence electrons. The molecule has 0 unspecified atom stereocenters.